The fourth-order valence-electron chi connectivity index (χ4n) is 5.90. The zero-order valence-electron chi connectivity index (χ0n) is 28.6. The lowest BCUT2D eigenvalue weighted by atomic mass is 10.1. The van der Waals surface area contributed by atoms with Gasteiger partial charge in [-0.05, 0) is 38.5 Å². The van der Waals surface area contributed by atoms with Crippen molar-refractivity contribution in [2.24, 2.45) is 0 Å². The first-order valence-electron chi connectivity index (χ1n) is 16.1. The van der Waals surface area contributed by atoms with Crippen LogP contribution in [0.2, 0.25) is 10.0 Å². The summed E-state index contributed by atoms with van der Waals surface area (Å²) in [6.45, 7) is 7.31. The fraction of sp³-hybridized carbons (Fsp3) is 0.438. The lowest BCUT2D eigenvalue weighted by molar-refractivity contribution is -0.673. The van der Waals surface area contributed by atoms with E-state index in [9.17, 15) is 31.3 Å². The minimum atomic E-state index is -4.45. The number of benzene rings is 2. The highest BCUT2D eigenvalue weighted by atomic mass is 35.5. The highest BCUT2D eigenvalue weighted by Gasteiger charge is 2.32. The molecule has 51 heavy (non-hydrogen) atoms. The molecule has 280 valence electrons. The number of aromatic carboxylic acids is 1. The van der Waals surface area contributed by atoms with Crippen LogP contribution in [0, 0.1) is 0 Å². The number of anilines is 2. The number of hydrogen-bond donors (Lipinski definition) is 2. The third kappa shape index (κ3) is 9.79. The van der Waals surface area contributed by atoms with E-state index in [-0.39, 0.29) is 48.9 Å². The van der Waals surface area contributed by atoms with Crippen LogP contribution in [0.25, 0.3) is 17.1 Å². The van der Waals surface area contributed by atoms with Gasteiger partial charge in [-0.15, -0.1) is 0 Å². The number of hydroxylamine groups is 1. The number of fused-ring (bicyclic) bond motifs is 2. The molecular formula is C32H41Cl2N5O10S2. The van der Waals surface area contributed by atoms with Gasteiger partial charge in [-0.2, -0.15) is 18.2 Å². The van der Waals surface area contributed by atoms with E-state index in [0.29, 0.717) is 52.9 Å². The second-order valence-electron chi connectivity index (χ2n) is 11.3. The molecule has 3 aromatic rings. The molecule has 0 unspecified atom stereocenters. The van der Waals surface area contributed by atoms with E-state index in [1.54, 1.807) is 25.1 Å². The molecule has 1 aromatic heterocycles. The molecule has 19 heteroatoms. The first-order chi connectivity index (χ1) is 24.2. The maximum absolute atomic E-state index is 12.4. The van der Waals surface area contributed by atoms with Crippen LogP contribution in [0.3, 0.4) is 0 Å². The van der Waals surface area contributed by atoms with E-state index in [0.717, 1.165) is 11.4 Å². The van der Waals surface area contributed by atoms with E-state index in [2.05, 4.69) is 5.48 Å². The number of halogens is 2. The average Bonchev–Trinajstić information content (AvgIpc) is 3.50. The van der Waals surface area contributed by atoms with E-state index >= 15 is 0 Å². The monoisotopic (exact) mass is 789 g/mol. The van der Waals surface area contributed by atoms with Gasteiger partial charge >= 0.3 is 5.97 Å². The number of carbonyl (C=O) groups is 1. The Morgan fingerprint density at radius 2 is 1.73 bits per heavy atom. The number of nitrogens with zero attached hydrogens (tertiary/aromatic N) is 4. The van der Waals surface area contributed by atoms with Crippen molar-refractivity contribution in [2.45, 2.75) is 53.3 Å². The Kier molecular flexibility index (Phi) is 13.9. The molecule has 4 rings (SSSR count). The van der Waals surface area contributed by atoms with Gasteiger partial charge in [0.1, 0.15) is 12.4 Å². The van der Waals surface area contributed by atoms with Gasteiger partial charge in [0.25, 0.3) is 15.9 Å². The van der Waals surface area contributed by atoms with Crippen LogP contribution < -0.4 is 19.8 Å². The van der Waals surface area contributed by atoms with Crippen LogP contribution in [-0.2, 0) is 54.0 Å². The molecule has 0 atom stereocenters. The molecular weight excluding hydrogens is 749 g/mol. The summed E-state index contributed by atoms with van der Waals surface area (Å²) in [5.74, 6) is -0.730. The Bertz CT molecular complexity index is 2040. The Labute approximate surface area is 307 Å². The van der Waals surface area contributed by atoms with Crippen LogP contribution in [-0.4, -0.2) is 75.3 Å². The lowest BCUT2D eigenvalue weighted by Crippen LogP contribution is -2.38. The van der Waals surface area contributed by atoms with Crippen LogP contribution in [0.1, 0.15) is 55.4 Å². The Balaban J connectivity index is 1.82. The molecule has 2 N–H and O–H groups in total. The predicted molar refractivity (Wildman–Crippen MR) is 193 cm³/mol. The molecule has 2 heterocycles. The van der Waals surface area contributed by atoms with Crippen LogP contribution in [0.4, 0.5) is 11.4 Å². The highest BCUT2D eigenvalue weighted by molar-refractivity contribution is 7.86. The first kappa shape index (κ1) is 40.5. The molecule has 0 fully saturated rings. The number of imidazole rings is 1. The summed E-state index contributed by atoms with van der Waals surface area (Å²) in [5.41, 5.74) is 5.58. The summed E-state index contributed by atoms with van der Waals surface area (Å²) in [6, 6.07) is 6.67. The van der Waals surface area contributed by atoms with E-state index < -0.39 is 32.0 Å². The van der Waals surface area contributed by atoms with Crippen molar-refractivity contribution < 1.29 is 49.9 Å². The maximum atomic E-state index is 12.4. The maximum Gasteiger partial charge on any atom is 0.337 e. The quantitative estimate of drug-likeness (QED) is 0.0754. The molecule has 0 bridgehead atoms. The number of allylic oxidation sites excluding steroid dienone is 2. The van der Waals surface area contributed by atoms with Gasteiger partial charge in [-0.3, -0.25) is 0 Å². The molecule has 0 saturated heterocycles. The van der Waals surface area contributed by atoms with Crippen molar-refractivity contribution in [3.05, 3.63) is 69.2 Å². The summed E-state index contributed by atoms with van der Waals surface area (Å²) in [6.07, 6.45) is 5.66. The fourth-order valence-corrected chi connectivity index (χ4v) is 7.69. The minimum absolute atomic E-state index is 0.0561. The van der Waals surface area contributed by atoms with E-state index in [4.69, 9.17) is 37.3 Å². The third-order valence-corrected chi connectivity index (χ3v) is 10.7. The number of aryl methyl sites for hydroxylation is 2. The minimum Gasteiger partial charge on any atom is -0.748 e. The third-order valence-electron chi connectivity index (χ3n) is 8.05. The zero-order chi connectivity index (χ0) is 37.5. The van der Waals surface area contributed by atoms with Gasteiger partial charge in [-0.1, -0.05) is 36.2 Å². The van der Waals surface area contributed by atoms with Crippen molar-refractivity contribution >= 4 is 77.9 Å². The largest absolute Gasteiger partial charge is 0.748 e. The van der Waals surface area contributed by atoms with Gasteiger partial charge in [-0.25, -0.2) is 32.1 Å². The van der Waals surface area contributed by atoms with Crippen LogP contribution in [0.5, 0.6) is 0 Å². The van der Waals surface area contributed by atoms with Crippen molar-refractivity contribution in [1.29, 1.82) is 0 Å². The number of carboxylic acids is 1. The Morgan fingerprint density at radius 1 is 1.00 bits per heavy atom. The Hall–Kier alpha value is -3.26. The summed E-state index contributed by atoms with van der Waals surface area (Å²) >= 11 is 13.0. The van der Waals surface area contributed by atoms with Gasteiger partial charge in [0.2, 0.25) is 0 Å². The molecule has 1 aliphatic rings. The van der Waals surface area contributed by atoms with Gasteiger partial charge in [0.15, 0.2) is 11.0 Å². The molecule has 0 radical (unpaired) electrons. The standard InChI is InChI=1S/C32H41Cl2N5O10S2/c1-5-35-49-51(45,46)16-10-14-39-27-18-23(32(40)41)25(34)20-29(27)37(7-3)31(39)12-8-11-30-36(6-2)28-19-24(33)22(21-48-47-4)17-26(28)38(30)13-9-15-50(42,43)44/h8,11-12,17-20,35H,5-7,9-10,13-16,21H2,1-4H3,(H-,40,41,42,43,44). The molecule has 0 aliphatic carbocycles. The van der Waals surface area contributed by atoms with Gasteiger partial charge in [0, 0.05) is 60.6 Å². The van der Waals surface area contributed by atoms with E-state index in [1.165, 1.54) is 13.2 Å². The summed E-state index contributed by atoms with van der Waals surface area (Å²) < 4.78 is 67.8. The summed E-state index contributed by atoms with van der Waals surface area (Å²) in [4.78, 5) is 25.8. The summed E-state index contributed by atoms with van der Waals surface area (Å²) in [5, 5.41) is 10.3. The van der Waals surface area contributed by atoms with Crippen molar-refractivity contribution in [1.82, 2.24) is 10.0 Å². The topological polar surface area (TPSA) is 184 Å². The van der Waals surface area contributed by atoms with Crippen molar-refractivity contribution in [2.75, 3.05) is 48.0 Å². The van der Waals surface area contributed by atoms with Gasteiger partial charge in [0.05, 0.1) is 58.0 Å². The van der Waals surface area contributed by atoms with Crippen molar-refractivity contribution in [3.8, 4) is 0 Å². The number of carboxylic acid groups (broad SMARTS) is 1. The lowest BCUT2D eigenvalue weighted by Gasteiger charge is -2.24. The van der Waals surface area contributed by atoms with Gasteiger partial charge < -0.3 is 19.5 Å². The number of hydrogen-bond acceptors (Lipinski definition) is 12. The molecule has 0 amide bonds. The second-order valence-corrected chi connectivity index (χ2v) is 15.4. The molecule has 2 aromatic carbocycles. The molecule has 15 nitrogen and oxygen atoms in total. The Morgan fingerprint density at radius 3 is 2.35 bits per heavy atom. The SMILES string of the molecule is CCNOS(=O)(=O)CCC[n+]1c(/C=C/C=C2\N(CC)c3cc(Cl)c(COOC)cc3N2CCCS(=O)(=O)[O-])n(CC)c2cc(Cl)c(C(=O)O)cc21. The zero-order valence-corrected chi connectivity index (χ0v) is 31.7. The molecule has 1 aliphatic heterocycles. The normalized spacial score (nSPS) is 14.5. The molecule has 0 saturated carbocycles. The number of nitrogens with one attached hydrogen (secondary N) is 1. The first-order valence-corrected chi connectivity index (χ1v) is 20.0. The van der Waals surface area contributed by atoms with E-state index in [1.807, 2.05) is 51.0 Å². The highest BCUT2D eigenvalue weighted by Crippen LogP contribution is 2.44. The number of aromatic nitrogens is 2. The smallest absolute Gasteiger partial charge is 0.337 e. The molecule has 0 spiro atoms. The average molecular weight is 791 g/mol. The van der Waals surface area contributed by atoms with Crippen LogP contribution in [0.15, 0.2) is 42.2 Å². The number of rotatable bonds is 19. The van der Waals surface area contributed by atoms with Crippen molar-refractivity contribution in [3.63, 3.8) is 0 Å². The predicted octanol–water partition coefficient (Wildman–Crippen LogP) is 4.43. The van der Waals surface area contributed by atoms with Crippen LogP contribution >= 0.6 is 23.2 Å². The summed E-state index contributed by atoms with van der Waals surface area (Å²) in [7, 11) is -6.94. The second kappa shape index (κ2) is 17.5.